The number of aromatic hydroxyl groups is 1. The Balaban J connectivity index is 1.71. The molecule has 27 heavy (non-hydrogen) atoms. The maximum atomic E-state index is 12.0. The van der Waals surface area contributed by atoms with Crippen molar-refractivity contribution in [3.05, 3.63) is 52.2 Å². The van der Waals surface area contributed by atoms with Gasteiger partial charge in [0, 0.05) is 37.7 Å². The summed E-state index contributed by atoms with van der Waals surface area (Å²) in [6.45, 7) is 6.99. The number of hydrogen-bond acceptors (Lipinski definition) is 4. The van der Waals surface area contributed by atoms with Gasteiger partial charge in [-0.05, 0) is 53.9 Å². The molecule has 0 bridgehead atoms. The molecule has 1 unspecified atom stereocenters. The molecule has 0 aliphatic rings. The number of benzene rings is 1. The lowest BCUT2D eigenvalue weighted by Gasteiger charge is -2.13. The number of thiophene rings is 1. The van der Waals surface area contributed by atoms with Gasteiger partial charge in [0.1, 0.15) is 5.75 Å². The lowest BCUT2D eigenvalue weighted by atomic mass is 10.1. The molecule has 0 spiro atoms. The van der Waals surface area contributed by atoms with Crippen LogP contribution >= 0.6 is 11.3 Å². The van der Waals surface area contributed by atoms with Gasteiger partial charge in [-0.15, -0.1) is 0 Å². The molecule has 0 aliphatic carbocycles. The fourth-order valence-corrected chi connectivity index (χ4v) is 3.26. The van der Waals surface area contributed by atoms with Gasteiger partial charge in [-0.3, -0.25) is 9.79 Å². The quantitative estimate of drug-likeness (QED) is 0.302. The number of nitrogens with one attached hydrogen (secondary N) is 3. The van der Waals surface area contributed by atoms with E-state index in [1.54, 1.807) is 29.5 Å². The zero-order chi connectivity index (χ0) is 19.5. The molecule has 2 rings (SSSR count). The van der Waals surface area contributed by atoms with Crippen LogP contribution in [0.2, 0.25) is 0 Å². The summed E-state index contributed by atoms with van der Waals surface area (Å²) in [5, 5.41) is 23.1. The van der Waals surface area contributed by atoms with E-state index >= 15 is 0 Å². The molecule has 0 aliphatic heterocycles. The zero-order valence-electron chi connectivity index (χ0n) is 15.9. The monoisotopic (exact) mass is 388 g/mol. The van der Waals surface area contributed by atoms with Crippen LogP contribution in [0.5, 0.6) is 5.75 Å². The smallest absolute Gasteiger partial charge is 0.251 e. The molecule has 0 fully saturated rings. The Hall–Kier alpha value is -2.54. The van der Waals surface area contributed by atoms with Gasteiger partial charge in [0.25, 0.3) is 5.91 Å². The van der Waals surface area contributed by atoms with Crippen LogP contribution in [0.1, 0.15) is 42.1 Å². The van der Waals surface area contributed by atoms with E-state index in [0.717, 1.165) is 25.5 Å². The topological polar surface area (TPSA) is 85.8 Å². The number of hydrogen-bond donors (Lipinski definition) is 4. The third kappa shape index (κ3) is 7.30. The molecule has 2 aromatic rings. The van der Waals surface area contributed by atoms with Gasteiger partial charge in [-0.2, -0.15) is 11.3 Å². The molecule has 0 saturated carbocycles. The summed E-state index contributed by atoms with van der Waals surface area (Å²) in [7, 11) is 0. The molecule has 146 valence electrons. The van der Waals surface area contributed by atoms with Gasteiger partial charge < -0.3 is 21.1 Å². The van der Waals surface area contributed by atoms with Gasteiger partial charge in [0.15, 0.2) is 5.96 Å². The van der Waals surface area contributed by atoms with Gasteiger partial charge in [0.2, 0.25) is 0 Å². The highest BCUT2D eigenvalue weighted by atomic mass is 32.1. The first kappa shape index (κ1) is 20.8. The number of phenolic OH excluding ortho intramolecular Hbond substituents is 1. The third-order valence-electron chi connectivity index (χ3n) is 4.02. The van der Waals surface area contributed by atoms with Gasteiger partial charge in [-0.1, -0.05) is 13.0 Å². The highest BCUT2D eigenvalue weighted by Crippen LogP contribution is 2.18. The van der Waals surface area contributed by atoms with Crippen molar-refractivity contribution in [2.24, 2.45) is 4.99 Å². The molecule has 0 saturated heterocycles. The summed E-state index contributed by atoms with van der Waals surface area (Å²) in [6.07, 6.45) is 0.773. The third-order valence-corrected chi connectivity index (χ3v) is 4.72. The van der Waals surface area contributed by atoms with E-state index in [-0.39, 0.29) is 11.7 Å². The molecule has 1 aromatic carbocycles. The molecule has 0 radical (unpaired) electrons. The summed E-state index contributed by atoms with van der Waals surface area (Å²) < 4.78 is 0. The zero-order valence-corrected chi connectivity index (χ0v) is 16.7. The van der Waals surface area contributed by atoms with Crippen molar-refractivity contribution in [2.45, 2.75) is 26.2 Å². The maximum absolute atomic E-state index is 12.0. The normalized spacial score (nSPS) is 12.4. The van der Waals surface area contributed by atoms with Gasteiger partial charge in [0.05, 0.1) is 0 Å². The van der Waals surface area contributed by atoms with Crippen molar-refractivity contribution in [3.63, 3.8) is 0 Å². The van der Waals surface area contributed by atoms with E-state index in [1.165, 1.54) is 11.6 Å². The number of carbonyl (C=O) groups excluding carboxylic acids is 1. The van der Waals surface area contributed by atoms with E-state index in [1.807, 2.05) is 6.92 Å². The van der Waals surface area contributed by atoms with E-state index in [0.29, 0.717) is 24.6 Å². The number of guanidine groups is 1. The van der Waals surface area contributed by atoms with Crippen LogP contribution in [0.3, 0.4) is 0 Å². The Morgan fingerprint density at radius 3 is 2.74 bits per heavy atom. The SMILES string of the molecule is CCNC(=NCC(C)c1ccsc1)NCCCNC(=O)c1cccc(O)c1. The van der Waals surface area contributed by atoms with E-state index in [9.17, 15) is 9.90 Å². The van der Waals surface area contributed by atoms with E-state index < -0.39 is 0 Å². The minimum atomic E-state index is -0.184. The molecule has 1 heterocycles. The molecule has 4 N–H and O–H groups in total. The largest absolute Gasteiger partial charge is 0.508 e. The first-order chi connectivity index (χ1) is 13.1. The second kappa shape index (κ2) is 11.2. The van der Waals surface area contributed by atoms with Crippen molar-refractivity contribution < 1.29 is 9.90 Å². The van der Waals surface area contributed by atoms with Crippen LogP contribution in [0, 0.1) is 0 Å². The van der Waals surface area contributed by atoms with E-state index in [2.05, 4.69) is 44.7 Å². The second-order valence-electron chi connectivity index (χ2n) is 6.26. The highest BCUT2D eigenvalue weighted by Gasteiger charge is 2.07. The Labute approximate surface area is 164 Å². The minimum Gasteiger partial charge on any atom is -0.508 e. The van der Waals surface area contributed by atoms with Crippen LogP contribution in [0.15, 0.2) is 46.1 Å². The number of phenols is 1. The predicted octanol–water partition coefficient (Wildman–Crippen LogP) is 2.93. The number of carbonyl (C=O) groups is 1. The van der Waals surface area contributed by atoms with Crippen molar-refractivity contribution >= 4 is 23.2 Å². The summed E-state index contributed by atoms with van der Waals surface area (Å²) in [4.78, 5) is 16.7. The van der Waals surface area contributed by atoms with E-state index in [4.69, 9.17) is 0 Å². The molecule has 7 heteroatoms. The molecular formula is C20H28N4O2S. The van der Waals surface area contributed by atoms with Crippen molar-refractivity contribution in [1.82, 2.24) is 16.0 Å². The molecule has 1 amide bonds. The van der Waals surface area contributed by atoms with Crippen LogP contribution in [-0.4, -0.2) is 43.2 Å². The highest BCUT2D eigenvalue weighted by molar-refractivity contribution is 7.07. The fraction of sp³-hybridized carbons (Fsp3) is 0.400. The average molecular weight is 389 g/mol. The average Bonchev–Trinajstić information content (AvgIpc) is 3.20. The lowest BCUT2D eigenvalue weighted by molar-refractivity contribution is 0.0953. The first-order valence-electron chi connectivity index (χ1n) is 9.21. The first-order valence-corrected chi connectivity index (χ1v) is 10.2. The molecule has 1 aromatic heterocycles. The maximum Gasteiger partial charge on any atom is 0.251 e. The van der Waals surface area contributed by atoms with Crippen LogP contribution < -0.4 is 16.0 Å². The number of aliphatic imine (C=N–C) groups is 1. The number of rotatable bonds is 9. The molecule has 6 nitrogen and oxygen atoms in total. The standard InChI is InChI=1S/C20H28N4O2S/c1-3-21-20(24-13-15(2)17-8-11-27-14-17)23-10-5-9-22-19(26)16-6-4-7-18(25)12-16/h4,6-8,11-12,14-15,25H,3,5,9-10,13H2,1-2H3,(H,22,26)(H2,21,23,24). The fourth-order valence-electron chi connectivity index (χ4n) is 2.48. The number of amides is 1. The summed E-state index contributed by atoms with van der Waals surface area (Å²) >= 11 is 1.71. The summed E-state index contributed by atoms with van der Waals surface area (Å²) in [5.74, 6) is 1.08. The van der Waals surface area contributed by atoms with Gasteiger partial charge in [-0.25, -0.2) is 0 Å². The van der Waals surface area contributed by atoms with Crippen molar-refractivity contribution in [3.8, 4) is 5.75 Å². The minimum absolute atomic E-state index is 0.0903. The summed E-state index contributed by atoms with van der Waals surface area (Å²) in [6, 6.07) is 8.47. The van der Waals surface area contributed by atoms with Crippen molar-refractivity contribution in [2.75, 3.05) is 26.2 Å². The predicted molar refractivity (Wildman–Crippen MR) is 112 cm³/mol. The number of nitrogens with zero attached hydrogens (tertiary/aromatic N) is 1. The summed E-state index contributed by atoms with van der Waals surface area (Å²) in [5.41, 5.74) is 1.77. The Bertz CT molecular complexity index is 731. The Kier molecular flexibility index (Phi) is 8.64. The second-order valence-corrected chi connectivity index (χ2v) is 7.04. The van der Waals surface area contributed by atoms with Crippen LogP contribution in [0.25, 0.3) is 0 Å². The Morgan fingerprint density at radius 1 is 1.22 bits per heavy atom. The van der Waals surface area contributed by atoms with Crippen LogP contribution in [0.4, 0.5) is 0 Å². The lowest BCUT2D eigenvalue weighted by Crippen LogP contribution is -2.39. The van der Waals surface area contributed by atoms with Gasteiger partial charge >= 0.3 is 0 Å². The Morgan fingerprint density at radius 2 is 2.04 bits per heavy atom. The molecular weight excluding hydrogens is 360 g/mol. The molecule has 1 atom stereocenters. The van der Waals surface area contributed by atoms with Crippen LogP contribution in [-0.2, 0) is 0 Å². The van der Waals surface area contributed by atoms with Crippen molar-refractivity contribution in [1.29, 1.82) is 0 Å².